The van der Waals surface area contributed by atoms with Crippen LogP contribution in [-0.4, -0.2) is 53.0 Å². The molecule has 8 heteroatoms. The summed E-state index contributed by atoms with van der Waals surface area (Å²) in [6.07, 6.45) is 5.08. The molecule has 3 heterocycles. The maximum absolute atomic E-state index is 14.5. The van der Waals surface area contributed by atoms with Gasteiger partial charge in [-0.15, -0.1) is 0 Å². The summed E-state index contributed by atoms with van der Waals surface area (Å²) in [6, 6.07) is 9.56. The number of nitrogens with zero attached hydrogens (tertiary/aromatic N) is 4. The van der Waals surface area contributed by atoms with Gasteiger partial charge in [-0.2, -0.15) is 0 Å². The number of nitrogens with two attached hydrogens (primary N) is 1. The summed E-state index contributed by atoms with van der Waals surface area (Å²) in [7, 11) is 1.58. The van der Waals surface area contributed by atoms with Crippen molar-refractivity contribution in [1.29, 1.82) is 0 Å². The molecular weight excluding hydrogens is 407 g/mol. The van der Waals surface area contributed by atoms with Crippen LogP contribution in [0.1, 0.15) is 31.7 Å². The highest BCUT2D eigenvalue weighted by atomic mass is 19.1. The first-order valence-electron chi connectivity index (χ1n) is 10.9. The summed E-state index contributed by atoms with van der Waals surface area (Å²) in [4.78, 5) is 15.6. The average Bonchev–Trinajstić information content (AvgIpc) is 3.33. The van der Waals surface area contributed by atoms with Crippen LogP contribution in [0, 0.1) is 5.82 Å². The van der Waals surface area contributed by atoms with Crippen molar-refractivity contribution in [1.82, 2.24) is 15.3 Å². The van der Waals surface area contributed by atoms with Crippen LogP contribution in [0.15, 0.2) is 35.3 Å². The lowest BCUT2D eigenvalue weighted by Crippen LogP contribution is -2.40. The maximum Gasteiger partial charge on any atom is 0.189 e. The van der Waals surface area contributed by atoms with Gasteiger partial charge in [-0.25, -0.2) is 14.4 Å². The maximum atomic E-state index is 14.5. The van der Waals surface area contributed by atoms with Gasteiger partial charge in [0.1, 0.15) is 5.82 Å². The molecule has 1 aromatic carbocycles. The molecule has 7 nitrogen and oxygen atoms in total. The van der Waals surface area contributed by atoms with Gasteiger partial charge in [-0.05, 0) is 56.5 Å². The van der Waals surface area contributed by atoms with Gasteiger partial charge in [0.15, 0.2) is 11.6 Å². The summed E-state index contributed by atoms with van der Waals surface area (Å²) in [5.41, 5.74) is 8.48. The van der Waals surface area contributed by atoms with Gasteiger partial charge in [-0.3, -0.25) is 4.99 Å². The quantitative estimate of drug-likeness (QED) is 0.420. The van der Waals surface area contributed by atoms with Crippen molar-refractivity contribution in [2.45, 2.75) is 37.8 Å². The summed E-state index contributed by atoms with van der Waals surface area (Å²) in [6.45, 7) is 4.20. The smallest absolute Gasteiger partial charge is 0.189 e. The van der Waals surface area contributed by atoms with Gasteiger partial charge in [0.05, 0.1) is 22.4 Å². The molecule has 2 aliphatic rings. The van der Waals surface area contributed by atoms with E-state index in [2.05, 4.69) is 27.1 Å². The fourth-order valence-corrected chi connectivity index (χ4v) is 4.35. The minimum absolute atomic E-state index is 0.141. The molecule has 3 aromatic rings. The van der Waals surface area contributed by atoms with E-state index in [1.807, 2.05) is 18.2 Å². The molecule has 1 aliphatic heterocycles. The highest BCUT2D eigenvalue weighted by molar-refractivity contribution is 5.91. The molecule has 4 N–H and O–H groups in total. The first-order valence-corrected chi connectivity index (χ1v) is 10.9. The van der Waals surface area contributed by atoms with Crippen molar-refractivity contribution >= 4 is 28.8 Å². The molecule has 1 atom stereocenters. The molecule has 1 saturated heterocycles. The number of anilines is 2. The third-order valence-corrected chi connectivity index (χ3v) is 6.45. The van der Waals surface area contributed by atoms with Crippen molar-refractivity contribution in [2.75, 3.05) is 30.8 Å². The molecule has 1 aliphatic carbocycles. The number of pyridine rings is 2. The number of nitrogen functional groups attached to an aromatic ring is 1. The Morgan fingerprint density at radius 1 is 1.25 bits per heavy atom. The fourth-order valence-electron chi connectivity index (χ4n) is 4.35. The zero-order chi connectivity index (χ0) is 22.5. The van der Waals surface area contributed by atoms with E-state index in [1.165, 1.54) is 19.1 Å². The Labute approximate surface area is 186 Å². The molecule has 0 spiro atoms. The van der Waals surface area contributed by atoms with Crippen LogP contribution in [0.25, 0.3) is 22.3 Å². The van der Waals surface area contributed by atoms with Gasteiger partial charge >= 0.3 is 0 Å². The van der Waals surface area contributed by atoms with Crippen molar-refractivity contribution < 1.29 is 9.50 Å². The lowest BCUT2D eigenvalue weighted by atomic mass is 10.0. The van der Waals surface area contributed by atoms with E-state index >= 15 is 0 Å². The number of halogens is 1. The van der Waals surface area contributed by atoms with Crippen molar-refractivity contribution in [3.63, 3.8) is 0 Å². The van der Waals surface area contributed by atoms with Gasteiger partial charge in [0.25, 0.3) is 0 Å². The number of aromatic nitrogens is 2. The molecule has 0 amide bonds. The summed E-state index contributed by atoms with van der Waals surface area (Å²) in [5, 5.41) is 14.1. The number of rotatable bonds is 5. The van der Waals surface area contributed by atoms with E-state index in [4.69, 9.17) is 10.7 Å². The Balaban J connectivity index is 1.43. The predicted octanol–water partition coefficient (Wildman–Crippen LogP) is 3.49. The normalized spacial score (nSPS) is 19.8. The minimum atomic E-state index is -0.870. The van der Waals surface area contributed by atoms with Crippen molar-refractivity contribution in [3.8, 4) is 17.0 Å². The first kappa shape index (κ1) is 20.6. The first-order chi connectivity index (χ1) is 15.4. The number of aromatic hydroxyl groups is 1. The topological polar surface area (TPSA) is 99.7 Å². The fraction of sp³-hybridized carbons (Fsp3) is 0.375. The molecule has 0 radical (unpaired) electrons. The second-order valence-electron chi connectivity index (χ2n) is 9.02. The Hall–Kier alpha value is -3.26. The molecular formula is C24H27FN6O. The molecule has 2 aromatic heterocycles. The zero-order valence-electron chi connectivity index (χ0n) is 18.3. The van der Waals surface area contributed by atoms with Crippen molar-refractivity contribution in [3.05, 3.63) is 41.7 Å². The number of phenolic OH excluding ortho intramolecular Hbond substituents is 1. The van der Waals surface area contributed by atoms with Crippen LogP contribution in [-0.2, 0) is 0 Å². The Kier molecular flexibility index (Phi) is 4.97. The number of hydrogen-bond donors (Lipinski definition) is 3. The van der Waals surface area contributed by atoms with Gasteiger partial charge in [-0.1, -0.05) is 0 Å². The Morgan fingerprint density at radius 3 is 2.75 bits per heavy atom. The van der Waals surface area contributed by atoms with Gasteiger partial charge in [0.2, 0.25) is 0 Å². The monoisotopic (exact) mass is 434 g/mol. The number of benzene rings is 1. The van der Waals surface area contributed by atoms with E-state index < -0.39 is 11.6 Å². The van der Waals surface area contributed by atoms with Crippen LogP contribution < -0.4 is 16.0 Å². The third-order valence-electron chi connectivity index (χ3n) is 6.45. The van der Waals surface area contributed by atoms with Crippen LogP contribution in [0.4, 0.5) is 15.9 Å². The highest BCUT2D eigenvalue weighted by Gasteiger charge is 2.40. The predicted molar refractivity (Wildman–Crippen MR) is 126 cm³/mol. The van der Waals surface area contributed by atoms with Gasteiger partial charge < -0.3 is 21.1 Å². The number of aliphatic imine (C=N–C) groups is 1. The molecule has 166 valence electrons. The lowest BCUT2D eigenvalue weighted by molar-refractivity contribution is 0.436. The number of nitrogens with one attached hydrogen (secondary N) is 1. The number of fused-ring (bicyclic) bond motifs is 1. The molecule has 5 rings (SSSR count). The molecule has 1 saturated carbocycles. The molecule has 0 bridgehead atoms. The minimum Gasteiger partial charge on any atom is -0.504 e. The van der Waals surface area contributed by atoms with E-state index in [0.717, 1.165) is 30.8 Å². The van der Waals surface area contributed by atoms with E-state index in [1.54, 1.807) is 19.2 Å². The molecule has 1 unspecified atom stereocenters. The largest absolute Gasteiger partial charge is 0.504 e. The third kappa shape index (κ3) is 3.75. The van der Waals surface area contributed by atoms with E-state index in [0.29, 0.717) is 28.4 Å². The summed E-state index contributed by atoms with van der Waals surface area (Å²) >= 11 is 0. The second-order valence-corrected chi connectivity index (χ2v) is 9.02. The van der Waals surface area contributed by atoms with Crippen LogP contribution in [0.3, 0.4) is 0 Å². The van der Waals surface area contributed by atoms with Crippen molar-refractivity contribution in [2.24, 2.45) is 4.99 Å². The van der Waals surface area contributed by atoms with E-state index in [-0.39, 0.29) is 11.3 Å². The second kappa shape index (κ2) is 7.70. The number of hydrogen-bond acceptors (Lipinski definition) is 7. The zero-order valence-corrected chi connectivity index (χ0v) is 18.3. The SMILES string of the molecule is CN=Cc1cc(-c2ccc3nc(N4CCC(NC5(C)CC5)C4)ccc3n2)c(O)c(F)c1N. The Bertz CT molecular complexity index is 1220. The van der Waals surface area contributed by atoms with Crippen LogP contribution in [0.5, 0.6) is 5.75 Å². The molecule has 32 heavy (non-hydrogen) atoms. The summed E-state index contributed by atoms with van der Waals surface area (Å²) in [5.74, 6) is -0.461. The van der Waals surface area contributed by atoms with E-state index in [9.17, 15) is 9.50 Å². The average molecular weight is 435 g/mol. The van der Waals surface area contributed by atoms with Crippen LogP contribution >= 0.6 is 0 Å². The standard InChI is InChI=1S/C24H27FN6O/c1-24(8-9-24)30-15-7-10-31(13-15)20-6-5-18-19(29-20)4-3-17(28-18)16-11-14(12-27-2)22(26)21(25)23(16)32/h3-6,11-12,15,30,32H,7-10,13,26H2,1-2H3. The lowest BCUT2D eigenvalue weighted by Gasteiger charge is -2.20. The Morgan fingerprint density at radius 2 is 2.00 bits per heavy atom. The highest BCUT2D eigenvalue weighted by Crippen LogP contribution is 2.37. The van der Waals surface area contributed by atoms with Crippen LogP contribution in [0.2, 0.25) is 0 Å². The van der Waals surface area contributed by atoms with Gasteiger partial charge in [0, 0.05) is 49.1 Å². The number of phenols is 1. The molecule has 2 fully saturated rings. The summed E-state index contributed by atoms with van der Waals surface area (Å²) < 4.78 is 14.5.